The second kappa shape index (κ2) is 8.78. The Hall–Kier alpha value is -2.02. The Balaban J connectivity index is 1.53. The molecule has 1 aliphatic carbocycles. The molecule has 0 radical (unpaired) electrons. The third kappa shape index (κ3) is 4.64. The van der Waals surface area contributed by atoms with Crippen molar-refractivity contribution in [1.29, 1.82) is 0 Å². The number of fused-ring (bicyclic) bond motifs is 1. The van der Waals surface area contributed by atoms with E-state index in [1.165, 1.54) is 24.0 Å². The molecule has 1 aromatic carbocycles. The Kier molecular flexibility index (Phi) is 5.97. The smallest absolute Gasteiger partial charge is 0.158 e. The summed E-state index contributed by atoms with van der Waals surface area (Å²) < 4.78 is 11.0. The van der Waals surface area contributed by atoms with Crippen LogP contribution in [0.1, 0.15) is 25.1 Å². The van der Waals surface area contributed by atoms with Crippen LogP contribution in [0.4, 0.5) is 5.82 Å². The summed E-state index contributed by atoms with van der Waals surface area (Å²) in [6, 6.07) is 10.4. The Morgan fingerprint density at radius 3 is 2.81 bits per heavy atom. The fourth-order valence-electron chi connectivity index (χ4n) is 3.05. The van der Waals surface area contributed by atoms with Crippen molar-refractivity contribution >= 4 is 27.4 Å². The number of anilines is 1. The Bertz CT molecular complexity index is 878. The van der Waals surface area contributed by atoms with Crippen LogP contribution < -0.4 is 5.32 Å². The second-order valence-electron chi connectivity index (χ2n) is 6.92. The fourth-order valence-corrected chi connectivity index (χ4v) is 4.02. The predicted molar refractivity (Wildman–Crippen MR) is 110 cm³/mol. The summed E-state index contributed by atoms with van der Waals surface area (Å²) in [6.45, 7) is 2.94. The molecule has 0 atom stereocenters. The highest BCUT2D eigenvalue weighted by Crippen LogP contribution is 2.37. The molecule has 6 heteroatoms. The van der Waals surface area contributed by atoms with Gasteiger partial charge in [0.2, 0.25) is 0 Å². The maximum atomic E-state index is 5.73. The summed E-state index contributed by atoms with van der Waals surface area (Å²) in [5, 5.41) is 6.76. The zero-order valence-electron chi connectivity index (χ0n) is 15.6. The number of hydrogen-bond acceptors (Lipinski definition) is 6. The van der Waals surface area contributed by atoms with Gasteiger partial charge < -0.3 is 14.8 Å². The lowest BCUT2D eigenvalue weighted by atomic mass is 10.1. The van der Waals surface area contributed by atoms with Gasteiger partial charge in [-0.05, 0) is 30.7 Å². The minimum absolute atomic E-state index is 0.410. The van der Waals surface area contributed by atoms with Crippen LogP contribution in [0.15, 0.2) is 35.7 Å². The highest BCUT2D eigenvalue weighted by Gasteiger charge is 2.21. The molecule has 0 spiro atoms. The number of aromatic nitrogens is 2. The van der Waals surface area contributed by atoms with E-state index >= 15 is 0 Å². The lowest BCUT2D eigenvalue weighted by Crippen LogP contribution is -2.10. The number of nitrogens with one attached hydrogen (secondary N) is 1. The van der Waals surface area contributed by atoms with E-state index < -0.39 is 0 Å². The number of rotatable bonds is 10. The summed E-state index contributed by atoms with van der Waals surface area (Å²) in [6.07, 6.45) is 3.63. The second-order valence-corrected chi connectivity index (χ2v) is 7.77. The predicted octanol–water partition coefficient (Wildman–Crippen LogP) is 4.73. The van der Waals surface area contributed by atoms with E-state index in [0.717, 1.165) is 48.1 Å². The summed E-state index contributed by atoms with van der Waals surface area (Å²) in [4.78, 5) is 10.4. The molecule has 0 aliphatic heterocycles. The summed E-state index contributed by atoms with van der Waals surface area (Å²) in [5.41, 5.74) is 2.36. The van der Waals surface area contributed by atoms with Crippen molar-refractivity contribution in [3.8, 4) is 11.1 Å². The molecule has 0 unspecified atom stereocenters. The van der Waals surface area contributed by atoms with Crippen LogP contribution in [0.5, 0.6) is 0 Å². The largest absolute Gasteiger partial charge is 0.381 e. The van der Waals surface area contributed by atoms with E-state index in [2.05, 4.69) is 39.9 Å². The van der Waals surface area contributed by atoms with Crippen molar-refractivity contribution in [3.05, 3.63) is 41.5 Å². The Morgan fingerprint density at radius 2 is 2.04 bits per heavy atom. The third-order valence-corrected chi connectivity index (χ3v) is 5.52. The molecule has 3 aromatic rings. The molecule has 1 N–H and O–H groups in total. The molecule has 1 aliphatic rings. The first-order valence-electron chi connectivity index (χ1n) is 9.49. The molecule has 0 amide bonds. The fraction of sp³-hybridized carbons (Fsp3) is 0.429. The molecule has 0 saturated heterocycles. The van der Waals surface area contributed by atoms with Gasteiger partial charge >= 0.3 is 0 Å². The van der Waals surface area contributed by atoms with Crippen LogP contribution in [0.2, 0.25) is 0 Å². The molecule has 1 fully saturated rings. The third-order valence-electron chi connectivity index (χ3n) is 4.65. The maximum Gasteiger partial charge on any atom is 0.158 e. The van der Waals surface area contributed by atoms with Crippen molar-refractivity contribution in [2.24, 2.45) is 5.92 Å². The first-order chi connectivity index (χ1) is 13.3. The van der Waals surface area contributed by atoms with Gasteiger partial charge in [-0.3, -0.25) is 0 Å². The van der Waals surface area contributed by atoms with Crippen LogP contribution in [0.3, 0.4) is 0 Å². The number of hydrogen-bond donors (Lipinski definition) is 1. The monoisotopic (exact) mass is 383 g/mol. The molecule has 5 nitrogen and oxygen atoms in total. The van der Waals surface area contributed by atoms with E-state index in [1.807, 2.05) is 6.07 Å². The maximum absolute atomic E-state index is 5.73. The first kappa shape index (κ1) is 18.3. The van der Waals surface area contributed by atoms with Crippen molar-refractivity contribution in [2.75, 3.05) is 32.2 Å². The molecular formula is C21H25N3O2S. The zero-order valence-corrected chi connectivity index (χ0v) is 16.4. The normalized spacial score (nSPS) is 14.0. The van der Waals surface area contributed by atoms with Gasteiger partial charge in [-0.25, -0.2) is 9.97 Å². The van der Waals surface area contributed by atoms with Crippen molar-refractivity contribution < 1.29 is 9.47 Å². The van der Waals surface area contributed by atoms with E-state index in [0.29, 0.717) is 12.4 Å². The summed E-state index contributed by atoms with van der Waals surface area (Å²) >= 11 is 1.65. The molecule has 2 aromatic heterocycles. The van der Waals surface area contributed by atoms with Gasteiger partial charge in [0, 0.05) is 37.8 Å². The Labute approximate surface area is 163 Å². The highest BCUT2D eigenvalue weighted by molar-refractivity contribution is 7.17. The summed E-state index contributed by atoms with van der Waals surface area (Å²) in [7, 11) is 1.67. The SMILES string of the molecule is COCc1nc(NCCCOCC2CC2)c2c(-c3ccccc3)csc2n1. The van der Waals surface area contributed by atoms with Crippen LogP contribution in [-0.4, -0.2) is 36.8 Å². The molecule has 0 bridgehead atoms. The van der Waals surface area contributed by atoms with Gasteiger partial charge in [-0.2, -0.15) is 0 Å². The molecule has 4 rings (SSSR count). The molecule has 1 saturated carbocycles. The Morgan fingerprint density at radius 1 is 1.19 bits per heavy atom. The molecule has 2 heterocycles. The molecule has 142 valence electrons. The van der Waals surface area contributed by atoms with E-state index in [-0.39, 0.29) is 0 Å². The van der Waals surface area contributed by atoms with Crippen LogP contribution in [0, 0.1) is 5.92 Å². The van der Waals surface area contributed by atoms with Crippen molar-refractivity contribution in [3.63, 3.8) is 0 Å². The van der Waals surface area contributed by atoms with E-state index in [1.54, 1.807) is 18.4 Å². The first-order valence-corrected chi connectivity index (χ1v) is 10.4. The van der Waals surface area contributed by atoms with Gasteiger partial charge in [-0.15, -0.1) is 11.3 Å². The van der Waals surface area contributed by atoms with Gasteiger partial charge in [-0.1, -0.05) is 30.3 Å². The van der Waals surface area contributed by atoms with Crippen LogP contribution in [0.25, 0.3) is 21.3 Å². The van der Waals surface area contributed by atoms with Gasteiger partial charge in [0.05, 0.1) is 5.39 Å². The number of thiophene rings is 1. The lowest BCUT2D eigenvalue weighted by Gasteiger charge is -2.11. The minimum atomic E-state index is 0.410. The average Bonchev–Trinajstić information content (AvgIpc) is 3.42. The van der Waals surface area contributed by atoms with E-state index in [9.17, 15) is 0 Å². The summed E-state index contributed by atoms with van der Waals surface area (Å²) in [5.74, 6) is 2.41. The standard InChI is InChI=1S/C21H25N3O2S/c1-25-13-18-23-20(22-10-5-11-26-12-15-8-9-15)19-17(14-27-21(19)24-18)16-6-3-2-4-7-16/h2-4,6-7,14-15H,5,8-13H2,1H3,(H,22,23,24). The van der Waals surface area contributed by atoms with Gasteiger partial charge in [0.15, 0.2) is 5.82 Å². The van der Waals surface area contributed by atoms with Crippen LogP contribution >= 0.6 is 11.3 Å². The number of methoxy groups -OCH3 is 1. The number of benzene rings is 1. The molecule has 27 heavy (non-hydrogen) atoms. The van der Waals surface area contributed by atoms with Crippen molar-refractivity contribution in [2.45, 2.75) is 25.9 Å². The highest BCUT2D eigenvalue weighted by atomic mass is 32.1. The lowest BCUT2D eigenvalue weighted by molar-refractivity contribution is 0.124. The number of ether oxygens (including phenoxy) is 2. The van der Waals surface area contributed by atoms with Gasteiger partial charge in [0.1, 0.15) is 17.3 Å². The quantitative estimate of drug-likeness (QED) is 0.513. The topological polar surface area (TPSA) is 56.3 Å². The average molecular weight is 384 g/mol. The van der Waals surface area contributed by atoms with Gasteiger partial charge in [0.25, 0.3) is 0 Å². The van der Waals surface area contributed by atoms with Crippen molar-refractivity contribution in [1.82, 2.24) is 9.97 Å². The van der Waals surface area contributed by atoms with E-state index in [4.69, 9.17) is 14.5 Å². The number of nitrogens with zero attached hydrogens (tertiary/aromatic N) is 2. The minimum Gasteiger partial charge on any atom is -0.381 e. The van der Waals surface area contributed by atoms with Crippen LogP contribution in [-0.2, 0) is 16.1 Å². The zero-order chi connectivity index (χ0) is 18.5. The molecular weight excluding hydrogens is 358 g/mol.